The molecule has 21 heavy (non-hydrogen) atoms. The molecule has 1 amide bonds. The number of thiophene rings is 1. The lowest BCUT2D eigenvalue weighted by Gasteiger charge is -2.37. The van der Waals surface area contributed by atoms with Gasteiger partial charge in [-0.15, -0.1) is 17.9 Å². The molecule has 0 aromatic carbocycles. The Bertz CT molecular complexity index is 543. The number of carbonyl (C=O) groups is 1. The van der Waals surface area contributed by atoms with Crippen molar-refractivity contribution in [3.63, 3.8) is 0 Å². The summed E-state index contributed by atoms with van der Waals surface area (Å²) < 4.78 is 0. The Balaban J connectivity index is 1.81. The molecule has 6 heteroatoms. The van der Waals surface area contributed by atoms with E-state index in [-0.39, 0.29) is 12.0 Å². The molecule has 0 saturated carbocycles. The van der Waals surface area contributed by atoms with Gasteiger partial charge in [0.25, 0.3) is 5.91 Å². The first-order valence-corrected chi connectivity index (χ1v) is 8.16. The van der Waals surface area contributed by atoms with Crippen LogP contribution in [0, 0.1) is 0 Å². The first-order chi connectivity index (χ1) is 10.1. The maximum absolute atomic E-state index is 12.1. The minimum Gasteiger partial charge on any atom is -0.397 e. The SMILES string of the molecule is C=CCNC(=O)c1sc(N2C3CCC2CC(O)C3)cc1N. The molecule has 2 unspecified atom stereocenters. The van der Waals surface area contributed by atoms with Crippen molar-refractivity contribution in [1.82, 2.24) is 5.32 Å². The number of amides is 1. The molecule has 114 valence electrons. The van der Waals surface area contributed by atoms with Gasteiger partial charge in [0.2, 0.25) is 0 Å². The topological polar surface area (TPSA) is 78.6 Å². The smallest absolute Gasteiger partial charge is 0.263 e. The van der Waals surface area contributed by atoms with Crippen LogP contribution in [0.5, 0.6) is 0 Å². The van der Waals surface area contributed by atoms with Crippen molar-refractivity contribution in [2.45, 2.75) is 43.9 Å². The lowest BCUT2D eigenvalue weighted by Crippen LogP contribution is -2.44. The number of aliphatic hydroxyl groups excluding tert-OH is 1. The minimum absolute atomic E-state index is 0.145. The van der Waals surface area contributed by atoms with Gasteiger partial charge in [-0.2, -0.15) is 0 Å². The molecule has 3 rings (SSSR count). The van der Waals surface area contributed by atoms with E-state index in [0.29, 0.717) is 29.2 Å². The van der Waals surface area contributed by atoms with Crippen LogP contribution in [-0.4, -0.2) is 35.7 Å². The zero-order chi connectivity index (χ0) is 15.0. The lowest BCUT2D eigenvalue weighted by atomic mass is 10.0. The Morgan fingerprint density at radius 3 is 2.81 bits per heavy atom. The number of nitrogens with two attached hydrogens (primary N) is 1. The Hall–Kier alpha value is -1.53. The maximum Gasteiger partial charge on any atom is 0.263 e. The zero-order valence-electron chi connectivity index (χ0n) is 11.9. The van der Waals surface area contributed by atoms with Crippen LogP contribution in [0.25, 0.3) is 0 Å². The fourth-order valence-corrected chi connectivity index (χ4v) is 4.59. The standard InChI is InChI=1S/C15H21N3O2S/c1-2-5-17-15(20)14-12(16)8-13(21-14)18-9-3-4-10(18)7-11(19)6-9/h2,8-11,19H,1,3-7,16H2,(H,17,20). The van der Waals surface area contributed by atoms with Crippen LogP contribution in [0.15, 0.2) is 18.7 Å². The van der Waals surface area contributed by atoms with E-state index in [1.165, 1.54) is 11.3 Å². The molecule has 2 aliphatic heterocycles. The van der Waals surface area contributed by atoms with Gasteiger partial charge in [0.1, 0.15) is 4.88 Å². The number of nitrogen functional groups attached to an aromatic ring is 1. The molecule has 2 aliphatic rings. The molecule has 1 aromatic heterocycles. The van der Waals surface area contributed by atoms with Gasteiger partial charge in [-0.25, -0.2) is 0 Å². The monoisotopic (exact) mass is 307 g/mol. The van der Waals surface area contributed by atoms with Gasteiger partial charge in [0.15, 0.2) is 0 Å². The van der Waals surface area contributed by atoms with Crippen molar-refractivity contribution in [3.8, 4) is 0 Å². The van der Waals surface area contributed by atoms with Gasteiger partial charge in [0.05, 0.1) is 16.8 Å². The van der Waals surface area contributed by atoms with Crippen molar-refractivity contribution in [1.29, 1.82) is 0 Å². The summed E-state index contributed by atoms with van der Waals surface area (Å²) in [5.41, 5.74) is 6.54. The first kappa shape index (κ1) is 14.4. The van der Waals surface area contributed by atoms with Crippen LogP contribution in [0.2, 0.25) is 0 Å². The van der Waals surface area contributed by atoms with E-state index >= 15 is 0 Å². The molecule has 2 atom stereocenters. The highest BCUT2D eigenvalue weighted by atomic mass is 32.1. The molecule has 2 fully saturated rings. The number of nitrogens with one attached hydrogen (secondary N) is 1. The van der Waals surface area contributed by atoms with Gasteiger partial charge in [-0.05, 0) is 31.7 Å². The predicted octanol–water partition coefficient (Wildman–Crippen LogP) is 1.74. The van der Waals surface area contributed by atoms with Crippen molar-refractivity contribution < 1.29 is 9.90 Å². The predicted molar refractivity (Wildman–Crippen MR) is 85.8 cm³/mol. The number of fused-ring (bicyclic) bond motifs is 2. The van der Waals surface area contributed by atoms with Crippen LogP contribution < -0.4 is 16.0 Å². The number of aliphatic hydroxyl groups is 1. The van der Waals surface area contributed by atoms with Crippen LogP contribution in [0.4, 0.5) is 10.7 Å². The Kier molecular flexibility index (Phi) is 3.91. The number of rotatable bonds is 4. The van der Waals surface area contributed by atoms with Gasteiger partial charge >= 0.3 is 0 Å². The summed E-state index contributed by atoms with van der Waals surface area (Å²) in [4.78, 5) is 15.0. The van der Waals surface area contributed by atoms with Crippen LogP contribution >= 0.6 is 11.3 Å². The van der Waals surface area contributed by atoms with Crippen molar-refractivity contribution in [2.24, 2.45) is 0 Å². The highest BCUT2D eigenvalue weighted by molar-refractivity contribution is 7.18. The molecule has 4 N–H and O–H groups in total. The third kappa shape index (κ3) is 2.65. The summed E-state index contributed by atoms with van der Waals surface area (Å²) in [6.45, 7) is 4.03. The average Bonchev–Trinajstić information content (AvgIpc) is 2.94. The summed E-state index contributed by atoms with van der Waals surface area (Å²) in [5.74, 6) is -0.145. The second-order valence-electron chi connectivity index (χ2n) is 5.79. The second kappa shape index (κ2) is 5.69. The third-order valence-corrected chi connectivity index (χ3v) is 5.49. The summed E-state index contributed by atoms with van der Waals surface area (Å²) in [7, 11) is 0. The highest BCUT2D eigenvalue weighted by Gasteiger charge is 2.41. The average molecular weight is 307 g/mol. The van der Waals surface area contributed by atoms with Crippen molar-refractivity contribution in [3.05, 3.63) is 23.6 Å². The number of anilines is 2. The summed E-state index contributed by atoms with van der Waals surface area (Å²) in [6, 6.07) is 2.65. The molecule has 1 aromatic rings. The van der Waals surface area contributed by atoms with Gasteiger partial charge in [0, 0.05) is 18.6 Å². The van der Waals surface area contributed by atoms with Crippen molar-refractivity contribution in [2.75, 3.05) is 17.2 Å². The second-order valence-corrected chi connectivity index (χ2v) is 6.82. The third-order valence-electron chi connectivity index (χ3n) is 4.32. The number of nitrogens with zero attached hydrogens (tertiary/aromatic N) is 1. The fraction of sp³-hybridized carbons (Fsp3) is 0.533. The molecule has 0 spiro atoms. The van der Waals surface area contributed by atoms with Crippen LogP contribution in [-0.2, 0) is 0 Å². The van der Waals surface area contributed by atoms with Gasteiger partial charge in [-0.3, -0.25) is 4.79 Å². The van der Waals surface area contributed by atoms with Crippen LogP contribution in [0.3, 0.4) is 0 Å². The number of piperidine rings is 1. The van der Waals surface area contributed by atoms with E-state index in [0.717, 1.165) is 30.7 Å². The highest BCUT2D eigenvalue weighted by Crippen LogP contribution is 2.43. The number of carbonyl (C=O) groups excluding carboxylic acids is 1. The van der Waals surface area contributed by atoms with E-state index in [1.807, 2.05) is 6.07 Å². The quantitative estimate of drug-likeness (QED) is 0.740. The summed E-state index contributed by atoms with van der Waals surface area (Å²) >= 11 is 1.45. The maximum atomic E-state index is 12.1. The molecule has 0 aliphatic carbocycles. The Morgan fingerprint density at radius 2 is 2.19 bits per heavy atom. The summed E-state index contributed by atoms with van der Waals surface area (Å²) in [6.07, 6.45) is 5.30. The number of hydrogen-bond acceptors (Lipinski definition) is 5. The zero-order valence-corrected chi connectivity index (χ0v) is 12.7. The largest absolute Gasteiger partial charge is 0.397 e. The van der Waals surface area contributed by atoms with Gasteiger partial charge < -0.3 is 21.1 Å². The van der Waals surface area contributed by atoms with E-state index in [9.17, 15) is 9.90 Å². The minimum atomic E-state index is -0.189. The van der Waals surface area contributed by atoms with E-state index in [1.54, 1.807) is 6.08 Å². The van der Waals surface area contributed by atoms with Crippen LogP contribution in [0.1, 0.15) is 35.4 Å². The molecular weight excluding hydrogens is 286 g/mol. The molecule has 0 radical (unpaired) electrons. The molecular formula is C15H21N3O2S. The molecule has 5 nitrogen and oxygen atoms in total. The first-order valence-electron chi connectivity index (χ1n) is 7.35. The summed E-state index contributed by atoms with van der Waals surface area (Å²) in [5, 5.41) is 13.7. The fourth-order valence-electron chi connectivity index (χ4n) is 3.45. The van der Waals surface area contributed by atoms with Gasteiger partial charge in [-0.1, -0.05) is 6.08 Å². The van der Waals surface area contributed by atoms with Crippen molar-refractivity contribution >= 4 is 27.9 Å². The number of hydrogen-bond donors (Lipinski definition) is 3. The molecule has 2 saturated heterocycles. The van der Waals surface area contributed by atoms with E-state index in [2.05, 4.69) is 16.8 Å². The normalized spacial score (nSPS) is 27.7. The lowest BCUT2D eigenvalue weighted by molar-refractivity contribution is 0.0962. The van der Waals surface area contributed by atoms with E-state index in [4.69, 9.17) is 5.73 Å². The molecule has 3 heterocycles. The molecule has 2 bridgehead atoms. The Labute approximate surface area is 128 Å². The van der Waals surface area contributed by atoms with E-state index < -0.39 is 0 Å². The Morgan fingerprint density at radius 1 is 1.52 bits per heavy atom.